The van der Waals surface area contributed by atoms with Crippen LogP contribution in [0.2, 0.25) is 0 Å². The molecule has 0 bridgehead atoms. The van der Waals surface area contributed by atoms with Crippen LogP contribution in [-0.4, -0.2) is 0 Å². The number of rotatable bonds is 3. The Morgan fingerprint density at radius 1 is 1.50 bits per heavy atom. The van der Waals surface area contributed by atoms with Gasteiger partial charge in [-0.05, 0) is 25.2 Å². The lowest BCUT2D eigenvalue weighted by Gasteiger charge is -2.24. The lowest BCUT2D eigenvalue weighted by Crippen LogP contribution is -2.10. The minimum Gasteiger partial charge on any atom is -0.0654 e. The Morgan fingerprint density at radius 3 is 2.62 bits per heavy atom. The quantitative estimate of drug-likeness (QED) is 0.525. The Hall–Kier alpha value is 0. The van der Waals surface area contributed by atoms with Crippen molar-refractivity contribution in [3.63, 3.8) is 0 Å². The molecule has 1 radical (unpaired) electrons. The molecule has 0 heterocycles. The molecule has 1 fully saturated rings. The molecule has 0 saturated heterocycles. The molecule has 47 valence electrons. The summed E-state index contributed by atoms with van der Waals surface area (Å²) < 4.78 is 0. The molecule has 0 unspecified atom stereocenters. The van der Waals surface area contributed by atoms with Crippen molar-refractivity contribution < 1.29 is 0 Å². The largest absolute Gasteiger partial charge is 0.0654 e. The SMILES string of the molecule is CCCCC1C[CH]C1. The average Bonchev–Trinajstić information content (AvgIpc) is 1.63. The highest BCUT2D eigenvalue weighted by Gasteiger charge is 2.15. The Labute approximate surface area is 52.3 Å². The van der Waals surface area contributed by atoms with Crippen LogP contribution in [0.4, 0.5) is 0 Å². The van der Waals surface area contributed by atoms with Crippen molar-refractivity contribution in [2.24, 2.45) is 5.92 Å². The van der Waals surface area contributed by atoms with E-state index in [1.54, 1.807) is 0 Å². The molecule has 0 spiro atoms. The molecule has 0 atom stereocenters. The molecular weight excluding hydrogens is 96.1 g/mol. The predicted octanol–water partition coefficient (Wildman–Crippen LogP) is 2.79. The van der Waals surface area contributed by atoms with Crippen LogP contribution in [0.1, 0.15) is 39.0 Å². The van der Waals surface area contributed by atoms with Crippen LogP contribution in [0.15, 0.2) is 0 Å². The first-order valence-corrected chi connectivity index (χ1v) is 3.75. The fourth-order valence-corrected chi connectivity index (χ4v) is 1.13. The van der Waals surface area contributed by atoms with E-state index in [1.807, 2.05) is 0 Å². The molecule has 0 aromatic rings. The molecule has 8 heavy (non-hydrogen) atoms. The smallest absolute Gasteiger partial charge is 0.0380 e. The van der Waals surface area contributed by atoms with E-state index in [2.05, 4.69) is 13.3 Å². The predicted molar refractivity (Wildman–Crippen MR) is 36.5 cm³/mol. The van der Waals surface area contributed by atoms with Gasteiger partial charge >= 0.3 is 0 Å². The molecule has 1 aliphatic rings. The van der Waals surface area contributed by atoms with Crippen molar-refractivity contribution in [2.75, 3.05) is 0 Å². The van der Waals surface area contributed by atoms with E-state index in [-0.39, 0.29) is 0 Å². The summed E-state index contributed by atoms with van der Waals surface area (Å²) in [4.78, 5) is 0. The van der Waals surface area contributed by atoms with Crippen LogP contribution in [0.25, 0.3) is 0 Å². The highest BCUT2D eigenvalue weighted by Crippen LogP contribution is 2.29. The minimum absolute atomic E-state index is 1.08. The Morgan fingerprint density at radius 2 is 2.25 bits per heavy atom. The summed E-state index contributed by atoms with van der Waals surface area (Å²) in [6.45, 7) is 2.27. The Balaban J connectivity index is 1.86. The maximum absolute atomic E-state index is 2.39. The lowest BCUT2D eigenvalue weighted by molar-refractivity contribution is 0.370. The van der Waals surface area contributed by atoms with Gasteiger partial charge in [0.2, 0.25) is 0 Å². The second-order valence-corrected chi connectivity index (χ2v) is 2.77. The van der Waals surface area contributed by atoms with Crippen molar-refractivity contribution in [3.8, 4) is 0 Å². The molecule has 1 aliphatic carbocycles. The summed E-state index contributed by atoms with van der Waals surface area (Å²) in [6.07, 6.45) is 9.49. The van der Waals surface area contributed by atoms with Gasteiger partial charge in [0, 0.05) is 0 Å². The van der Waals surface area contributed by atoms with Gasteiger partial charge in [-0.15, -0.1) is 0 Å². The maximum Gasteiger partial charge on any atom is -0.0380 e. The van der Waals surface area contributed by atoms with Gasteiger partial charge in [0.25, 0.3) is 0 Å². The monoisotopic (exact) mass is 111 g/mol. The van der Waals surface area contributed by atoms with Gasteiger partial charge in [0.05, 0.1) is 0 Å². The van der Waals surface area contributed by atoms with Gasteiger partial charge < -0.3 is 0 Å². The molecule has 1 saturated carbocycles. The summed E-state index contributed by atoms with van der Waals surface area (Å²) in [5, 5.41) is 0. The minimum atomic E-state index is 1.08. The average molecular weight is 111 g/mol. The van der Waals surface area contributed by atoms with E-state index < -0.39 is 0 Å². The van der Waals surface area contributed by atoms with Crippen molar-refractivity contribution in [1.82, 2.24) is 0 Å². The summed E-state index contributed by atoms with van der Waals surface area (Å²) in [5.41, 5.74) is 0. The fourth-order valence-electron chi connectivity index (χ4n) is 1.13. The van der Waals surface area contributed by atoms with Crippen molar-refractivity contribution in [2.45, 2.75) is 39.0 Å². The van der Waals surface area contributed by atoms with E-state index in [4.69, 9.17) is 0 Å². The van der Waals surface area contributed by atoms with E-state index in [0.717, 1.165) is 5.92 Å². The van der Waals surface area contributed by atoms with Crippen LogP contribution in [-0.2, 0) is 0 Å². The highest BCUT2D eigenvalue weighted by atomic mass is 14.2. The van der Waals surface area contributed by atoms with E-state index in [1.165, 1.54) is 32.1 Å². The zero-order valence-electron chi connectivity index (χ0n) is 5.69. The summed E-state index contributed by atoms with van der Waals surface area (Å²) in [7, 11) is 0. The molecular formula is C8H15. The van der Waals surface area contributed by atoms with Crippen LogP contribution in [0.5, 0.6) is 0 Å². The van der Waals surface area contributed by atoms with Gasteiger partial charge in [0.15, 0.2) is 0 Å². The fraction of sp³-hybridized carbons (Fsp3) is 0.875. The maximum atomic E-state index is 2.39. The van der Waals surface area contributed by atoms with Gasteiger partial charge in [-0.1, -0.05) is 26.2 Å². The molecule has 0 heteroatoms. The van der Waals surface area contributed by atoms with E-state index >= 15 is 0 Å². The Bertz CT molecular complexity index is 53.1. The van der Waals surface area contributed by atoms with Gasteiger partial charge in [0.1, 0.15) is 0 Å². The standard InChI is InChI=1S/C8H15/c1-2-3-5-8-6-4-7-8/h4,8H,2-3,5-7H2,1H3. The third-order valence-corrected chi connectivity index (χ3v) is 1.97. The molecule has 0 N–H and O–H groups in total. The second-order valence-electron chi connectivity index (χ2n) is 2.77. The first-order chi connectivity index (χ1) is 3.93. The second kappa shape index (κ2) is 3.11. The topological polar surface area (TPSA) is 0 Å². The normalized spacial score (nSPS) is 20.6. The van der Waals surface area contributed by atoms with E-state index in [0.29, 0.717) is 0 Å². The molecule has 0 aromatic carbocycles. The first kappa shape index (κ1) is 6.12. The van der Waals surface area contributed by atoms with Gasteiger partial charge in [-0.2, -0.15) is 0 Å². The van der Waals surface area contributed by atoms with Gasteiger partial charge in [-0.25, -0.2) is 0 Å². The zero-order chi connectivity index (χ0) is 5.82. The number of hydrogen-bond acceptors (Lipinski definition) is 0. The molecule has 0 aromatic heterocycles. The number of hydrogen-bond donors (Lipinski definition) is 0. The Kier molecular flexibility index (Phi) is 2.38. The lowest BCUT2D eigenvalue weighted by atomic mass is 9.82. The molecule has 0 nitrogen and oxygen atoms in total. The number of unbranched alkanes of at least 4 members (excludes halogenated alkanes) is 1. The van der Waals surface area contributed by atoms with E-state index in [9.17, 15) is 0 Å². The van der Waals surface area contributed by atoms with Gasteiger partial charge in [-0.3, -0.25) is 0 Å². The zero-order valence-corrected chi connectivity index (χ0v) is 5.69. The van der Waals surface area contributed by atoms with Crippen molar-refractivity contribution in [3.05, 3.63) is 6.42 Å². The summed E-state index contributed by atoms with van der Waals surface area (Å²) >= 11 is 0. The van der Waals surface area contributed by atoms with Crippen LogP contribution in [0.3, 0.4) is 0 Å². The van der Waals surface area contributed by atoms with Crippen LogP contribution >= 0.6 is 0 Å². The molecule has 0 amide bonds. The molecule has 0 aliphatic heterocycles. The first-order valence-electron chi connectivity index (χ1n) is 3.75. The highest BCUT2D eigenvalue weighted by molar-refractivity contribution is 4.84. The van der Waals surface area contributed by atoms with Crippen LogP contribution < -0.4 is 0 Å². The summed E-state index contributed by atoms with van der Waals surface area (Å²) in [6, 6.07) is 0. The third kappa shape index (κ3) is 1.50. The van der Waals surface area contributed by atoms with Crippen LogP contribution in [0, 0.1) is 12.3 Å². The molecule has 1 rings (SSSR count). The third-order valence-electron chi connectivity index (χ3n) is 1.97. The van der Waals surface area contributed by atoms with Crippen molar-refractivity contribution >= 4 is 0 Å². The van der Waals surface area contributed by atoms with Crippen molar-refractivity contribution in [1.29, 1.82) is 0 Å². The summed E-state index contributed by atoms with van der Waals surface area (Å²) in [5.74, 6) is 1.08.